The van der Waals surface area contributed by atoms with Crippen LogP contribution in [0.4, 0.5) is 0 Å². The lowest BCUT2D eigenvalue weighted by atomic mass is 9.78. The van der Waals surface area contributed by atoms with Gasteiger partial charge in [-0.15, -0.1) is 0 Å². The summed E-state index contributed by atoms with van der Waals surface area (Å²) in [7, 11) is 1.44. The first kappa shape index (κ1) is 13.2. The molecule has 0 aliphatic heterocycles. The van der Waals surface area contributed by atoms with Crippen molar-refractivity contribution in [2.24, 2.45) is 0 Å². The smallest absolute Gasteiger partial charge is 0.314 e. The van der Waals surface area contributed by atoms with Crippen molar-refractivity contribution < 1.29 is 19.7 Å². The van der Waals surface area contributed by atoms with Gasteiger partial charge in [0.2, 0.25) is 0 Å². The number of rotatable bonds is 3. The van der Waals surface area contributed by atoms with Crippen LogP contribution in [0.3, 0.4) is 0 Å². The summed E-state index contributed by atoms with van der Waals surface area (Å²) in [4.78, 5) is 11.6. The van der Waals surface area contributed by atoms with Crippen LogP contribution in [0.25, 0.3) is 0 Å². The molecule has 4 nitrogen and oxygen atoms in total. The molecular formula is C13H15BrO4. The van der Waals surface area contributed by atoms with E-state index in [1.807, 2.05) is 0 Å². The van der Waals surface area contributed by atoms with Crippen LogP contribution in [0.15, 0.2) is 16.6 Å². The third-order valence-corrected chi connectivity index (χ3v) is 4.31. The van der Waals surface area contributed by atoms with Gasteiger partial charge in [0, 0.05) is 5.56 Å². The molecule has 0 atom stereocenters. The predicted molar refractivity (Wildman–Crippen MR) is 70.1 cm³/mol. The van der Waals surface area contributed by atoms with Crippen LogP contribution in [0.5, 0.6) is 11.5 Å². The van der Waals surface area contributed by atoms with Crippen molar-refractivity contribution in [2.75, 3.05) is 7.11 Å². The van der Waals surface area contributed by atoms with Gasteiger partial charge in [-0.3, -0.25) is 4.79 Å². The average molecular weight is 315 g/mol. The quantitative estimate of drug-likeness (QED) is 0.899. The van der Waals surface area contributed by atoms with E-state index >= 15 is 0 Å². The number of carboxylic acids is 1. The molecule has 0 aromatic heterocycles. The average Bonchev–Trinajstić information content (AvgIpc) is 2.82. The summed E-state index contributed by atoms with van der Waals surface area (Å²) in [5, 5.41) is 19.5. The van der Waals surface area contributed by atoms with Crippen molar-refractivity contribution in [3.8, 4) is 11.5 Å². The van der Waals surface area contributed by atoms with E-state index < -0.39 is 11.4 Å². The van der Waals surface area contributed by atoms with Crippen molar-refractivity contribution in [3.05, 3.63) is 22.2 Å². The van der Waals surface area contributed by atoms with Gasteiger partial charge in [-0.05, 0) is 34.8 Å². The van der Waals surface area contributed by atoms with Gasteiger partial charge in [-0.25, -0.2) is 0 Å². The number of carbonyl (C=O) groups is 1. The number of halogens is 1. The Hall–Kier alpha value is -1.23. The van der Waals surface area contributed by atoms with Gasteiger partial charge in [0.25, 0.3) is 0 Å². The summed E-state index contributed by atoms with van der Waals surface area (Å²) in [6.07, 6.45) is 2.93. The molecule has 0 unspecified atom stereocenters. The number of benzene rings is 1. The molecule has 5 heteroatoms. The molecule has 18 heavy (non-hydrogen) atoms. The van der Waals surface area contributed by atoms with Gasteiger partial charge in [0.15, 0.2) is 11.5 Å². The highest BCUT2D eigenvalue weighted by Gasteiger charge is 2.45. The Bertz CT molecular complexity index is 478. The number of hydrogen-bond donors (Lipinski definition) is 2. The van der Waals surface area contributed by atoms with Gasteiger partial charge < -0.3 is 14.9 Å². The molecule has 98 valence electrons. The first-order chi connectivity index (χ1) is 8.53. The highest BCUT2D eigenvalue weighted by atomic mass is 79.9. The molecule has 0 radical (unpaired) electrons. The van der Waals surface area contributed by atoms with Gasteiger partial charge in [0.1, 0.15) is 0 Å². The molecule has 2 rings (SSSR count). The number of phenolic OH excluding ortho intramolecular Hbond substituents is 1. The highest BCUT2D eigenvalue weighted by Crippen LogP contribution is 2.49. The third-order valence-electron chi connectivity index (χ3n) is 3.67. The van der Waals surface area contributed by atoms with Crippen molar-refractivity contribution in [1.29, 1.82) is 0 Å². The zero-order valence-electron chi connectivity index (χ0n) is 10.1. The lowest BCUT2D eigenvalue weighted by Crippen LogP contribution is -2.33. The fourth-order valence-electron chi connectivity index (χ4n) is 2.71. The van der Waals surface area contributed by atoms with E-state index in [0.29, 0.717) is 22.9 Å². The van der Waals surface area contributed by atoms with E-state index in [1.165, 1.54) is 7.11 Å². The van der Waals surface area contributed by atoms with E-state index in [4.69, 9.17) is 4.74 Å². The Kier molecular flexibility index (Phi) is 3.52. The van der Waals surface area contributed by atoms with Crippen LogP contribution in [-0.2, 0) is 10.2 Å². The summed E-state index contributed by atoms with van der Waals surface area (Å²) in [5.74, 6) is -0.628. The number of ether oxygens (including phenoxy) is 1. The Morgan fingerprint density at radius 2 is 2.00 bits per heavy atom. The lowest BCUT2D eigenvalue weighted by Gasteiger charge is -2.26. The molecule has 1 aliphatic carbocycles. The van der Waals surface area contributed by atoms with Gasteiger partial charge in [-0.1, -0.05) is 18.9 Å². The Morgan fingerprint density at radius 1 is 1.39 bits per heavy atom. The minimum atomic E-state index is -0.927. The van der Waals surface area contributed by atoms with E-state index in [9.17, 15) is 15.0 Å². The predicted octanol–water partition coefficient (Wildman–Crippen LogP) is 3.06. The molecule has 1 fully saturated rings. The van der Waals surface area contributed by atoms with Crippen LogP contribution in [-0.4, -0.2) is 23.3 Å². The molecule has 2 N–H and O–H groups in total. The maximum Gasteiger partial charge on any atom is 0.314 e. The lowest BCUT2D eigenvalue weighted by molar-refractivity contribution is -0.143. The molecule has 0 saturated heterocycles. The summed E-state index contributed by atoms with van der Waals surface area (Å²) < 4.78 is 5.70. The number of aromatic hydroxyl groups is 1. The summed E-state index contributed by atoms with van der Waals surface area (Å²) in [6.45, 7) is 0. The summed E-state index contributed by atoms with van der Waals surface area (Å²) >= 11 is 3.21. The topological polar surface area (TPSA) is 66.8 Å². The zero-order chi connectivity index (χ0) is 13.3. The number of carboxylic acid groups (broad SMARTS) is 1. The maximum absolute atomic E-state index is 11.6. The van der Waals surface area contributed by atoms with Crippen LogP contribution in [0.1, 0.15) is 31.2 Å². The number of phenols is 1. The Morgan fingerprint density at radius 3 is 2.50 bits per heavy atom. The number of hydrogen-bond acceptors (Lipinski definition) is 3. The van der Waals surface area contributed by atoms with E-state index in [1.54, 1.807) is 12.1 Å². The minimum absolute atomic E-state index is 0.0393. The largest absolute Gasteiger partial charge is 0.503 e. The van der Waals surface area contributed by atoms with Crippen molar-refractivity contribution in [1.82, 2.24) is 0 Å². The van der Waals surface area contributed by atoms with Crippen molar-refractivity contribution >= 4 is 21.9 Å². The minimum Gasteiger partial charge on any atom is -0.503 e. The van der Waals surface area contributed by atoms with Gasteiger partial charge in [-0.2, -0.15) is 0 Å². The molecule has 0 spiro atoms. The molecule has 1 saturated carbocycles. The van der Waals surface area contributed by atoms with E-state index in [0.717, 1.165) is 12.8 Å². The fraction of sp³-hybridized carbons (Fsp3) is 0.462. The molecule has 1 aliphatic rings. The fourth-order valence-corrected chi connectivity index (χ4v) is 3.02. The molecular weight excluding hydrogens is 300 g/mol. The molecule has 0 amide bonds. The Labute approximate surface area is 114 Å². The van der Waals surface area contributed by atoms with Crippen LogP contribution < -0.4 is 4.74 Å². The first-order valence-electron chi connectivity index (χ1n) is 5.82. The van der Waals surface area contributed by atoms with E-state index in [2.05, 4.69) is 15.9 Å². The SMILES string of the molecule is COc1c(C2(C(=O)O)CCCC2)ccc(Br)c1O. The monoisotopic (exact) mass is 314 g/mol. The van der Waals surface area contributed by atoms with Crippen LogP contribution in [0, 0.1) is 0 Å². The van der Waals surface area contributed by atoms with Crippen LogP contribution >= 0.6 is 15.9 Å². The van der Waals surface area contributed by atoms with Crippen molar-refractivity contribution in [3.63, 3.8) is 0 Å². The van der Waals surface area contributed by atoms with E-state index in [-0.39, 0.29) is 11.5 Å². The normalized spacial score (nSPS) is 17.7. The second-order valence-electron chi connectivity index (χ2n) is 4.57. The van der Waals surface area contributed by atoms with Crippen LogP contribution in [0.2, 0.25) is 0 Å². The molecule has 1 aromatic carbocycles. The molecule has 0 heterocycles. The maximum atomic E-state index is 11.6. The number of aliphatic carboxylic acids is 1. The highest BCUT2D eigenvalue weighted by molar-refractivity contribution is 9.10. The van der Waals surface area contributed by atoms with Gasteiger partial charge in [0.05, 0.1) is 17.0 Å². The summed E-state index contributed by atoms with van der Waals surface area (Å²) in [5.41, 5.74) is -0.362. The third kappa shape index (κ3) is 1.86. The molecule has 1 aromatic rings. The summed E-state index contributed by atoms with van der Waals surface area (Å²) in [6, 6.07) is 3.39. The zero-order valence-corrected chi connectivity index (χ0v) is 11.7. The Balaban J connectivity index is 2.62. The second kappa shape index (κ2) is 4.80. The van der Waals surface area contributed by atoms with Crippen molar-refractivity contribution in [2.45, 2.75) is 31.1 Å². The molecule has 0 bridgehead atoms. The standard InChI is InChI=1S/C13H15BrO4/c1-18-11-8(4-5-9(14)10(11)15)13(12(16)17)6-2-3-7-13/h4-5,15H,2-3,6-7H2,1H3,(H,16,17). The van der Waals surface area contributed by atoms with Gasteiger partial charge >= 0.3 is 5.97 Å². The second-order valence-corrected chi connectivity index (χ2v) is 5.43. The number of methoxy groups -OCH3 is 1. The first-order valence-corrected chi connectivity index (χ1v) is 6.61.